The van der Waals surface area contributed by atoms with E-state index in [1.54, 1.807) is 18.2 Å². The van der Waals surface area contributed by atoms with Crippen molar-refractivity contribution in [3.63, 3.8) is 0 Å². The minimum Gasteiger partial charge on any atom is -0.507 e. The molecule has 2 aromatic rings. The summed E-state index contributed by atoms with van der Waals surface area (Å²) in [5.41, 5.74) is 1.57. The molecule has 18 heavy (non-hydrogen) atoms. The molecule has 0 aliphatic rings. The first-order chi connectivity index (χ1) is 8.50. The van der Waals surface area contributed by atoms with E-state index in [-0.39, 0.29) is 11.4 Å². The highest BCUT2D eigenvalue weighted by atomic mass is 16.4. The Bertz CT molecular complexity index is 629. The molecule has 0 fully saturated rings. The van der Waals surface area contributed by atoms with Gasteiger partial charge >= 0.3 is 5.63 Å². The van der Waals surface area contributed by atoms with Crippen LogP contribution in [0.1, 0.15) is 11.1 Å². The van der Waals surface area contributed by atoms with Gasteiger partial charge in [0.1, 0.15) is 11.3 Å². The highest BCUT2D eigenvalue weighted by Gasteiger charge is 2.13. The molecule has 1 N–H and O–H groups in total. The van der Waals surface area contributed by atoms with Crippen molar-refractivity contribution in [3.8, 4) is 5.75 Å². The van der Waals surface area contributed by atoms with Crippen molar-refractivity contribution in [1.82, 2.24) is 4.90 Å². The molecule has 0 aliphatic heterocycles. The maximum atomic E-state index is 11.9. The van der Waals surface area contributed by atoms with Crippen LogP contribution < -0.4 is 5.63 Å². The van der Waals surface area contributed by atoms with E-state index < -0.39 is 0 Å². The molecule has 4 heteroatoms. The highest BCUT2D eigenvalue weighted by Crippen LogP contribution is 2.28. The number of benzene rings is 1. The Kier molecular flexibility index (Phi) is 3.39. The number of hydrogen-bond donors (Lipinski definition) is 1. The Morgan fingerprint density at radius 3 is 2.72 bits per heavy atom. The number of rotatable bonds is 3. The van der Waals surface area contributed by atoms with Crippen LogP contribution in [-0.4, -0.2) is 30.6 Å². The van der Waals surface area contributed by atoms with E-state index in [0.29, 0.717) is 23.0 Å². The lowest BCUT2D eigenvalue weighted by Crippen LogP contribution is -2.20. The van der Waals surface area contributed by atoms with Crippen molar-refractivity contribution in [2.24, 2.45) is 0 Å². The maximum absolute atomic E-state index is 11.9. The Morgan fingerprint density at radius 1 is 1.33 bits per heavy atom. The van der Waals surface area contributed by atoms with Crippen molar-refractivity contribution in [2.75, 3.05) is 20.6 Å². The summed E-state index contributed by atoms with van der Waals surface area (Å²) in [4.78, 5) is 13.9. The summed E-state index contributed by atoms with van der Waals surface area (Å²) in [5, 5.41) is 10.5. The molecule has 0 aliphatic carbocycles. The van der Waals surface area contributed by atoms with Crippen LogP contribution in [-0.2, 0) is 6.42 Å². The van der Waals surface area contributed by atoms with Crippen LogP contribution in [0.15, 0.2) is 27.4 Å². The molecule has 0 saturated carbocycles. The van der Waals surface area contributed by atoms with Crippen LogP contribution in [0, 0.1) is 6.92 Å². The summed E-state index contributed by atoms with van der Waals surface area (Å²) < 4.78 is 5.25. The van der Waals surface area contributed by atoms with Crippen molar-refractivity contribution >= 4 is 11.0 Å². The lowest BCUT2D eigenvalue weighted by atomic mass is 10.0. The third-order valence-electron chi connectivity index (χ3n) is 3.09. The SMILES string of the molecule is Cc1c(CCN(C)C)c(=O)oc2cccc(O)c12. The van der Waals surface area contributed by atoms with Crippen LogP contribution in [0.2, 0.25) is 0 Å². The van der Waals surface area contributed by atoms with Gasteiger partial charge in [-0.1, -0.05) is 6.07 Å². The van der Waals surface area contributed by atoms with Gasteiger partial charge in [-0.25, -0.2) is 4.79 Å². The minimum atomic E-state index is -0.313. The second kappa shape index (κ2) is 4.82. The van der Waals surface area contributed by atoms with Gasteiger partial charge in [0, 0.05) is 12.1 Å². The number of likely N-dealkylation sites (N-methyl/N-ethyl adjacent to an activating group) is 1. The fourth-order valence-electron chi connectivity index (χ4n) is 2.07. The van der Waals surface area contributed by atoms with Gasteiger partial charge in [-0.05, 0) is 45.1 Å². The van der Waals surface area contributed by atoms with E-state index >= 15 is 0 Å². The maximum Gasteiger partial charge on any atom is 0.339 e. The quantitative estimate of drug-likeness (QED) is 0.842. The normalized spacial score (nSPS) is 11.3. The molecule has 0 spiro atoms. The number of fused-ring (bicyclic) bond motifs is 1. The van der Waals surface area contributed by atoms with Crippen LogP contribution in [0.4, 0.5) is 0 Å². The Balaban J connectivity index is 2.60. The van der Waals surface area contributed by atoms with Crippen LogP contribution in [0.3, 0.4) is 0 Å². The van der Waals surface area contributed by atoms with E-state index in [0.717, 1.165) is 12.1 Å². The van der Waals surface area contributed by atoms with E-state index in [4.69, 9.17) is 4.42 Å². The van der Waals surface area contributed by atoms with Gasteiger partial charge in [0.05, 0.1) is 5.39 Å². The Hall–Kier alpha value is -1.81. The van der Waals surface area contributed by atoms with Gasteiger partial charge < -0.3 is 14.4 Å². The summed E-state index contributed by atoms with van der Waals surface area (Å²) in [7, 11) is 3.91. The van der Waals surface area contributed by atoms with E-state index in [9.17, 15) is 9.90 Å². The smallest absolute Gasteiger partial charge is 0.339 e. The molecule has 0 radical (unpaired) electrons. The zero-order valence-electron chi connectivity index (χ0n) is 10.9. The van der Waals surface area contributed by atoms with Crippen LogP contribution >= 0.6 is 0 Å². The van der Waals surface area contributed by atoms with Gasteiger partial charge in [-0.15, -0.1) is 0 Å². The number of phenolic OH excluding ortho intramolecular Hbond substituents is 1. The second-order valence-corrected chi connectivity index (χ2v) is 4.70. The topological polar surface area (TPSA) is 53.7 Å². The standard InChI is InChI=1S/C14H17NO3/c1-9-10(7-8-15(2)3)14(17)18-12-6-4-5-11(16)13(9)12/h4-6,16H,7-8H2,1-3H3. The Labute approximate surface area is 105 Å². The molecule has 1 aromatic heterocycles. The van der Waals surface area contributed by atoms with Gasteiger partial charge in [0.15, 0.2) is 0 Å². The predicted molar refractivity (Wildman–Crippen MR) is 71.1 cm³/mol. The summed E-state index contributed by atoms with van der Waals surface area (Å²) in [5.74, 6) is 0.153. The van der Waals surface area contributed by atoms with Crippen molar-refractivity contribution in [2.45, 2.75) is 13.3 Å². The predicted octanol–water partition coefficient (Wildman–Crippen LogP) is 1.91. The summed E-state index contributed by atoms with van der Waals surface area (Å²) in [6.07, 6.45) is 0.617. The summed E-state index contributed by atoms with van der Waals surface area (Å²) in [6.45, 7) is 2.62. The Morgan fingerprint density at radius 2 is 2.06 bits per heavy atom. The number of aryl methyl sites for hydroxylation is 1. The average molecular weight is 247 g/mol. The fourth-order valence-corrected chi connectivity index (χ4v) is 2.07. The molecule has 0 amide bonds. The first kappa shape index (κ1) is 12.6. The zero-order chi connectivity index (χ0) is 13.3. The van der Waals surface area contributed by atoms with Crippen LogP contribution in [0.25, 0.3) is 11.0 Å². The molecule has 1 aromatic carbocycles. The van der Waals surface area contributed by atoms with Crippen molar-refractivity contribution in [1.29, 1.82) is 0 Å². The van der Waals surface area contributed by atoms with Gasteiger partial charge in [0.25, 0.3) is 0 Å². The number of phenols is 1. The number of nitrogens with zero attached hydrogens (tertiary/aromatic N) is 1. The van der Waals surface area contributed by atoms with Gasteiger partial charge in [-0.2, -0.15) is 0 Å². The fraction of sp³-hybridized carbons (Fsp3) is 0.357. The summed E-state index contributed by atoms with van der Waals surface area (Å²) >= 11 is 0. The molecule has 0 saturated heterocycles. The molecule has 1 heterocycles. The summed E-state index contributed by atoms with van der Waals surface area (Å²) in [6, 6.07) is 4.96. The lowest BCUT2D eigenvalue weighted by molar-refractivity contribution is 0.409. The monoisotopic (exact) mass is 247 g/mol. The van der Waals surface area contributed by atoms with E-state index in [1.165, 1.54) is 0 Å². The molecular weight excluding hydrogens is 230 g/mol. The number of aromatic hydroxyl groups is 1. The third-order valence-corrected chi connectivity index (χ3v) is 3.09. The van der Waals surface area contributed by atoms with Gasteiger partial charge in [0.2, 0.25) is 0 Å². The molecule has 0 atom stereocenters. The second-order valence-electron chi connectivity index (χ2n) is 4.70. The van der Waals surface area contributed by atoms with E-state index in [1.807, 2.05) is 25.9 Å². The number of hydrogen-bond acceptors (Lipinski definition) is 4. The largest absolute Gasteiger partial charge is 0.507 e. The van der Waals surface area contributed by atoms with Crippen molar-refractivity contribution in [3.05, 3.63) is 39.7 Å². The first-order valence-corrected chi connectivity index (χ1v) is 5.89. The van der Waals surface area contributed by atoms with E-state index in [2.05, 4.69) is 0 Å². The molecule has 4 nitrogen and oxygen atoms in total. The average Bonchev–Trinajstić information content (AvgIpc) is 2.27. The third kappa shape index (κ3) is 2.24. The van der Waals surface area contributed by atoms with Crippen LogP contribution in [0.5, 0.6) is 5.75 Å². The van der Waals surface area contributed by atoms with Gasteiger partial charge in [-0.3, -0.25) is 0 Å². The lowest BCUT2D eigenvalue weighted by Gasteiger charge is -2.11. The highest BCUT2D eigenvalue weighted by molar-refractivity contribution is 5.87. The molecule has 2 rings (SSSR count). The van der Waals surface area contributed by atoms with Crippen molar-refractivity contribution < 1.29 is 9.52 Å². The molecular formula is C14H17NO3. The zero-order valence-corrected chi connectivity index (χ0v) is 10.9. The molecule has 96 valence electrons. The minimum absolute atomic E-state index is 0.153. The molecule has 0 unspecified atom stereocenters. The first-order valence-electron chi connectivity index (χ1n) is 5.89. The molecule has 0 bridgehead atoms.